The summed E-state index contributed by atoms with van der Waals surface area (Å²) in [5.74, 6) is -0.317. The van der Waals surface area contributed by atoms with Gasteiger partial charge in [0.2, 0.25) is 10.0 Å². The van der Waals surface area contributed by atoms with Crippen LogP contribution in [0.2, 0.25) is 0 Å². The summed E-state index contributed by atoms with van der Waals surface area (Å²) in [4.78, 5) is 16.7. The molecule has 1 heterocycles. The van der Waals surface area contributed by atoms with Crippen molar-refractivity contribution in [2.24, 2.45) is 5.14 Å². The number of rotatable bonds is 5. The normalized spacial score (nSPS) is 10.9. The first-order valence-corrected chi connectivity index (χ1v) is 9.77. The lowest BCUT2D eigenvalue weighted by molar-refractivity contribution is 0.0951. The van der Waals surface area contributed by atoms with E-state index in [-0.39, 0.29) is 10.8 Å². The van der Waals surface area contributed by atoms with Crippen LogP contribution in [0, 0.1) is 11.3 Å². The van der Waals surface area contributed by atoms with Gasteiger partial charge in [-0.15, -0.1) is 0 Å². The number of carbonyl (C=O) groups excluding carboxylic acids is 1. The SMILES string of the molecule is N#Cc1ccc(CNC(=O)c2cnccc2-c2ccc(S(N)(=O)=O)cc2)cc1. The maximum atomic E-state index is 12.6. The summed E-state index contributed by atoms with van der Waals surface area (Å²) in [6, 6.07) is 16.6. The van der Waals surface area contributed by atoms with E-state index in [4.69, 9.17) is 10.4 Å². The minimum absolute atomic E-state index is 0.00266. The largest absolute Gasteiger partial charge is 0.348 e. The first kappa shape index (κ1) is 19.2. The van der Waals surface area contributed by atoms with E-state index in [1.165, 1.54) is 18.3 Å². The highest BCUT2D eigenvalue weighted by Gasteiger charge is 2.14. The molecule has 2 aromatic carbocycles. The van der Waals surface area contributed by atoms with Crippen LogP contribution in [0.5, 0.6) is 0 Å². The molecule has 3 N–H and O–H groups in total. The third-order valence-electron chi connectivity index (χ3n) is 4.10. The van der Waals surface area contributed by atoms with Crippen molar-refractivity contribution in [3.63, 3.8) is 0 Å². The Bertz CT molecular complexity index is 1150. The summed E-state index contributed by atoms with van der Waals surface area (Å²) in [6.07, 6.45) is 3.01. The number of primary sulfonamides is 1. The second-order valence-corrected chi connectivity index (χ2v) is 7.54. The molecular weight excluding hydrogens is 376 g/mol. The predicted molar refractivity (Wildman–Crippen MR) is 103 cm³/mol. The van der Waals surface area contributed by atoms with Crippen LogP contribution >= 0.6 is 0 Å². The minimum Gasteiger partial charge on any atom is -0.348 e. The molecule has 0 aliphatic rings. The molecule has 0 saturated carbocycles. The van der Waals surface area contributed by atoms with Crippen molar-refractivity contribution in [2.45, 2.75) is 11.4 Å². The lowest BCUT2D eigenvalue weighted by Crippen LogP contribution is -2.23. The number of pyridine rings is 1. The van der Waals surface area contributed by atoms with Gasteiger partial charge in [0, 0.05) is 18.9 Å². The fraction of sp³-hybridized carbons (Fsp3) is 0.0500. The first-order chi connectivity index (χ1) is 13.4. The van der Waals surface area contributed by atoms with Crippen molar-refractivity contribution in [3.8, 4) is 17.2 Å². The number of nitrogens with one attached hydrogen (secondary N) is 1. The van der Waals surface area contributed by atoms with Crippen LogP contribution in [0.1, 0.15) is 21.5 Å². The molecule has 3 aromatic rings. The zero-order chi connectivity index (χ0) is 20.1. The highest BCUT2D eigenvalue weighted by atomic mass is 32.2. The fourth-order valence-electron chi connectivity index (χ4n) is 2.63. The lowest BCUT2D eigenvalue weighted by atomic mass is 10.0. The van der Waals surface area contributed by atoms with E-state index < -0.39 is 10.0 Å². The summed E-state index contributed by atoms with van der Waals surface area (Å²) >= 11 is 0. The number of hydrogen-bond acceptors (Lipinski definition) is 5. The number of nitrogens with zero attached hydrogens (tertiary/aromatic N) is 2. The molecule has 0 aliphatic heterocycles. The Kier molecular flexibility index (Phi) is 5.49. The number of benzene rings is 2. The van der Waals surface area contributed by atoms with Crippen molar-refractivity contribution in [3.05, 3.63) is 83.7 Å². The maximum absolute atomic E-state index is 12.6. The summed E-state index contributed by atoms with van der Waals surface area (Å²) in [7, 11) is -3.78. The third-order valence-corrected chi connectivity index (χ3v) is 5.02. The van der Waals surface area contributed by atoms with Gasteiger partial charge in [0.25, 0.3) is 5.91 Å². The van der Waals surface area contributed by atoms with Gasteiger partial charge < -0.3 is 5.32 Å². The molecule has 0 fully saturated rings. The molecule has 1 amide bonds. The molecule has 0 saturated heterocycles. The molecule has 0 aliphatic carbocycles. The number of nitrogens with two attached hydrogens (primary N) is 1. The standard InChI is InChI=1S/C20H16N4O3S/c21-11-14-1-3-15(4-2-14)12-24-20(25)19-13-23-10-9-18(19)16-5-7-17(8-6-16)28(22,26)27/h1-10,13H,12H2,(H,24,25)(H2,22,26,27). The molecule has 140 valence electrons. The monoisotopic (exact) mass is 392 g/mol. The molecule has 8 heteroatoms. The van der Waals surface area contributed by atoms with Crippen LogP contribution in [-0.2, 0) is 16.6 Å². The van der Waals surface area contributed by atoms with E-state index in [9.17, 15) is 13.2 Å². The molecule has 0 bridgehead atoms. The van der Waals surface area contributed by atoms with Gasteiger partial charge >= 0.3 is 0 Å². The number of aromatic nitrogens is 1. The van der Waals surface area contributed by atoms with Crippen LogP contribution in [-0.4, -0.2) is 19.3 Å². The average Bonchev–Trinajstić information content (AvgIpc) is 2.72. The van der Waals surface area contributed by atoms with Crippen molar-refractivity contribution in [2.75, 3.05) is 0 Å². The Labute approximate surface area is 162 Å². The summed E-state index contributed by atoms with van der Waals surface area (Å²) in [5.41, 5.74) is 3.05. The highest BCUT2D eigenvalue weighted by molar-refractivity contribution is 7.89. The van der Waals surface area contributed by atoms with E-state index in [0.29, 0.717) is 28.8 Å². The summed E-state index contributed by atoms with van der Waals surface area (Å²) in [5, 5.41) is 16.8. The van der Waals surface area contributed by atoms with E-state index in [1.54, 1.807) is 48.7 Å². The number of nitriles is 1. The quantitative estimate of drug-likeness (QED) is 0.688. The van der Waals surface area contributed by atoms with Gasteiger partial charge in [0.15, 0.2) is 0 Å². The van der Waals surface area contributed by atoms with E-state index in [1.807, 2.05) is 6.07 Å². The summed E-state index contributed by atoms with van der Waals surface area (Å²) in [6.45, 7) is 0.295. The number of sulfonamides is 1. The van der Waals surface area contributed by atoms with Crippen molar-refractivity contribution in [1.82, 2.24) is 10.3 Å². The molecule has 28 heavy (non-hydrogen) atoms. The van der Waals surface area contributed by atoms with Gasteiger partial charge in [-0.2, -0.15) is 5.26 Å². The highest BCUT2D eigenvalue weighted by Crippen LogP contribution is 2.24. The Morgan fingerprint density at radius 3 is 2.36 bits per heavy atom. The zero-order valence-corrected chi connectivity index (χ0v) is 15.5. The topological polar surface area (TPSA) is 126 Å². The molecule has 0 atom stereocenters. The Morgan fingerprint density at radius 1 is 1.07 bits per heavy atom. The number of carbonyl (C=O) groups is 1. The van der Waals surface area contributed by atoms with Crippen molar-refractivity contribution >= 4 is 15.9 Å². The second kappa shape index (κ2) is 8.00. The first-order valence-electron chi connectivity index (χ1n) is 8.23. The smallest absolute Gasteiger partial charge is 0.253 e. The van der Waals surface area contributed by atoms with E-state index in [0.717, 1.165) is 5.56 Å². The van der Waals surface area contributed by atoms with Crippen LogP contribution < -0.4 is 10.5 Å². The fourth-order valence-corrected chi connectivity index (χ4v) is 3.14. The van der Waals surface area contributed by atoms with Gasteiger partial charge in [-0.25, -0.2) is 13.6 Å². The van der Waals surface area contributed by atoms with Crippen LogP contribution in [0.3, 0.4) is 0 Å². The van der Waals surface area contributed by atoms with Gasteiger partial charge in [-0.05, 0) is 47.0 Å². The van der Waals surface area contributed by atoms with Gasteiger partial charge in [0.1, 0.15) is 0 Å². The zero-order valence-electron chi connectivity index (χ0n) is 14.7. The Balaban J connectivity index is 1.81. The van der Waals surface area contributed by atoms with E-state index in [2.05, 4.69) is 10.3 Å². The predicted octanol–water partition coefficient (Wildman–Crippen LogP) is 2.20. The van der Waals surface area contributed by atoms with E-state index >= 15 is 0 Å². The van der Waals surface area contributed by atoms with Gasteiger partial charge in [0.05, 0.1) is 22.1 Å². The van der Waals surface area contributed by atoms with Crippen molar-refractivity contribution < 1.29 is 13.2 Å². The molecular formula is C20H16N4O3S. The molecule has 0 unspecified atom stereocenters. The van der Waals surface area contributed by atoms with Crippen LogP contribution in [0.25, 0.3) is 11.1 Å². The van der Waals surface area contributed by atoms with Crippen molar-refractivity contribution in [1.29, 1.82) is 5.26 Å². The maximum Gasteiger partial charge on any atom is 0.253 e. The number of amides is 1. The Morgan fingerprint density at radius 2 is 1.75 bits per heavy atom. The molecule has 0 spiro atoms. The Hall–Kier alpha value is -3.54. The lowest BCUT2D eigenvalue weighted by Gasteiger charge is -2.10. The van der Waals surface area contributed by atoms with Crippen LogP contribution in [0.4, 0.5) is 0 Å². The van der Waals surface area contributed by atoms with Crippen LogP contribution in [0.15, 0.2) is 71.9 Å². The molecule has 3 rings (SSSR count). The second-order valence-electron chi connectivity index (χ2n) is 5.98. The minimum atomic E-state index is -3.78. The van der Waals surface area contributed by atoms with Gasteiger partial charge in [-0.3, -0.25) is 9.78 Å². The molecule has 7 nitrogen and oxygen atoms in total. The third kappa shape index (κ3) is 4.40. The summed E-state index contributed by atoms with van der Waals surface area (Å²) < 4.78 is 22.8. The molecule has 0 radical (unpaired) electrons. The van der Waals surface area contributed by atoms with Gasteiger partial charge in [-0.1, -0.05) is 24.3 Å². The molecule has 1 aromatic heterocycles. The number of hydrogen-bond donors (Lipinski definition) is 2. The average molecular weight is 392 g/mol.